The number of imidazole rings is 2. The number of fused-ring (bicyclic) bond motifs is 6. The van der Waals surface area contributed by atoms with Gasteiger partial charge in [-0.15, -0.1) is 0 Å². The molecule has 10 rings (SSSR count). The molecule has 5 aliphatic rings. The van der Waals surface area contributed by atoms with Crippen LogP contribution in [-0.4, -0.2) is 105 Å². The van der Waals surface area contributed by atoms with E-state index in [2.05, 4.69) is 27.5 Å². The van der Waals surface area contributed by atoms with Crippen LogP contribution in [0.25, 0.3) is 44.2 Å². The number of aromatic amines is 2. The number of nitrogens with one attached hydrogen (secondary N) is 4. The SMILES string of the molecule is COC(=O)N[C@@H](C=C1CCOCC1)C(=O)N1[C@@H]2CC[C@@H](C2)[C@H]1c1ncc(-c2ccc(-c3ccc4c(ccc5[nH]c([C@@H]6C[C@H]7[C@@H](C)[C@H]7N6C(=O)[C@@H](NC(=O)OC)C(C)C)nc54)c3)cc2F)[nH]1. The second-order valence-corrected chi connectivity index (χ2v) is 18.7. The quantitative estimate of drug-likeness (QED) is 0.102. The Labute approximate surface area is 375 Å². The average Bonchev–Trinajstić information content (AvgIpc) is 4.04. The van der Waals surface area contributed by atoms with Gasteiger partial charge in [0.05, 0.1) is 62.4 Å². The lowest BCUT2D eigenvalue weighted by Gasteiger charge is -2.36. The van der Waals surface area contributed by atoms with Crippen LogP contribution in [0.4, 0.5) is 14.0 Å². The molecule has 4 N–H and O–H groups in total. The third kappa shape index (κ3) is 7.68. The zero-order valence-corrected chi connectivity index (χ0v) is 37.2. The number of nitrogens with zero attached hydrogens (tertiary/aromatic N) is 4. The fourth-order valence-electron chi connectivity index (χ4n) is 11.2. The zero-order valence-electron chi connectivity index (χ0n) is 37.2. The molecule has 0 radical (unpaired) electrons. The summed E-state index contributed by atoms with van der Waals surface area (Å²) in [5, 5.41) is 7.37. The van der Waals surface area contributed by atoms with Gasteiger partial charge in [0.2, 0.25) is 11.8 Å². The highest BCUT2D eigenvalue weighted by Crippen LogP contribution is 2.58. The van der Waals surface area contributed by atoms with Gasteiger partial charge in [-0.25, -0.2) is 23.9 Å². The van der Waals surface area contributed by atoms with Crippen molar-refractivity contribution in [2.45, 2.75) is 95.5 Å². The van der Waals surface area contributed by atoms with E-state index in [9.17, 15) is 19.2 Å². The van der Waals surface area contributed by atoms with Crippen LogP contribution in [0.5, 0.6) is 0 Å². The number of H-pyrrole nitrogens is 2. The Hall–Kier alpha value is -6.29. The molecule has 3 aromatic carbocycles. The van der Waals surface area contributed by atoms with E-state index >= 15 is 4.39 Å². The number of halogens is 1. The number of rotatable bonds is 10. The highest BCUT2D eigenvalue weighted by Gasteiger charge is 2.61. The Bertz CT molecular complexity index is 2720. The molecule has 2 aliphatic carbocycles. The van der Waals surface area contributed by atoms with Gasteiger partial charge in [-0.2, -0.15) is 0 Å². The number of hydrogen-bond acceptors (Lipinski definition) is 9. The fourth-order valence-corrected chi connectivity index (χ4v) is 11.2. The van der Waals surface area contributed by atoms with Crippen molar-refractivity contribution in [2.75, 3.05) is 27.4 Å². The summed E-state index contributed by atoms with van der Waals surface area (Å²) in [6.07, 6.45) is 6.97. The molecule has 16 heteroatoms. The molecule has 3 saturated heterocycles. The van der Waals surface area contributed by atoms with Crippen molar-refractivity contribution < 1.29 is 37.8 Å². The van der Waals surface area contributed by atoms with E-state index < -0.39 is 30.1 Å². The molecule has 2 saturated carbocycles. The Morgan fingerprint density at radius 3 is 2.40 bits per heavy atom. The van der Waals surface area contributed by atoms with Gasteiger partial charge in [-0.3, -0.25) is 9.59 Å². The van der Waals surface area contributed by atoms with Gasteiger partial charge in [-0.05, 0) is 103 Å². The molecule has 5 fully saturated rings. The number of hydrogen-bond donors (Lipinski definition) is 4. The number of carbonyl (C=O) groups is 4. The van der Waals surface area contributed by atoms with E-state index in [4.69, 9.17) is 24.2 Å². The zero-order chi connectivity index (χ0) is 45.3. The van der Waals surface area contributed by atoms with Gasteiger partial charge in [-0.1, -0.05) is 56.7 Å². The molecule has 3 aliphatic heterocycles. The molecule has 5 heterocycles. The molecule has 15 nitrogen and oxygen atoms in total. The molecule has 340 valence electrons. The lowest BCUT2D eigenvalue weighted by Crippen LogP contribution is -2.52. The number of benzene rings is 3. The van der Waals surface area contributed by atoms with Crippen molar-refractivity contribution in [3.05, 3.63) is 83.8 Å². The number of piperidine rings is 2. The van der Waals surface area contributed by atoms with Gasteiger partial charge in [0.1, 0.15) is 29.5 Å². The van der Waals surface area contributed by atoms with Crippen molar-refractivity contribution in [2.24, 2.45) is 23.7 Å². The van der Waals surface area contributed by atoms with E-state index in [0.29, 0.717) is 66.4 Å². The molecule has 2 aromatic heterocycles. The van der Waals surface area contributed by atoms with E-state index in [0.717, 1.165) is 58.6 Å². The lowest BCUT2D eigenvalue weighted by molar-refractivity contribution is -0.137. The molecule has 0 spiro atoms. The number of aromatic nitrogens is 4. The number of carbonyl (C=O) groups excluding carboxylic acids is 4. The van der Waals surface area contributed by atoms with E-state index in [-0.39, 0.29) is 47.8 Å². The van der Waals surface area contributed by atoms with Gasteiger partial charge in [0, 0.05) is 23.0 Å². The average molecular weight is 887 g/mol. The molecule has 9 atom stereocenters. The Morgan fingerprint density at radius 2 is 1.65 bits per heavy atom. The van der Waals surface area contributed by atoms with Crippen LogP contribution in [0.2, 0.25) is 0 Å². The minimum absolute atomic E-state index is 0.00817. The maximum Gasteiger partial charge on any atom is 0.407 e. The summed E-state index contributed by atoms with van der Waals surface area (Å²) in [4.78, 5) is 73.6. The minimum Gasteiger partial charge on any atom is -0.453 e. The first kappa shape index (κ1) is 42.6. The first-order chi connectivity index (χ1) is 31.4. The van der Waals surface area contributed by atoms with Crippen LogP contribution >= 0.6 is 0 Å². The number of amides is 4. The Kier molecular flexibility index (Phi) is 11.1. The number of ether oxygens (including phenoxy) is 3. The van der Waals surface area contributed by atoms with E-state index in [1.165, 1.54) is 20.3 Å². The summed E-state index contributed by atoms with van der Waals surface area (Å²) in [6.45, 7) is 7.12. The number of methoxy groups -OCH3 is 2. The van der Waals surface area contributed by atoms with Gasteiger partial charge < -0.3 is 44.6 Å². The van der Waals surface area contributed by atoms with Gasteiger partial charge >= 0.3 is 12.2 Å². The maximum atomic E-state index is 16.2. The van der Waals surface area contributed by atoms with Crippen LogP contribution in [0, 0.1) is 29.5 Å². The predicted octanol–water partition coefficient (Wildman–Crippen LogP) is 7.71. The van der Waals surface area contributed by atoms with Crippen LogP contribution in [0.1, 0.15) is 83.0 Å². The van der Waals surface area contributed by atoms with E-state index in [1.54, 1.807) is 12.3 Å². The summed E-state index contributed by atoms with van der Waals surface area (Å²) in [5.74, 6) is 1.33. The molecule has 0 unspecified atom stereocenters. The summed E-state index contributed by atoms with van der Waals surface area (Å²) in [6, 6.07) is 13.0. The van der Waals surface area contributed by atoms with Crippen LogP contribution in [0.3, 0.4) is 0 Å². The lowest BCUT2D eigenvalue weighted by atomic mass is 9.96. The van der Waals surface area contributed by atoms with E-state index in [1.807, 2.05) is 66.1 Å². The second kappa shape index (κ2) is 16.9. The van der Waals surface area contributed by atoms with Gasteiger partial charge in [0.25, 0.3) is 0 Å². The Morgan fingerprint density at radius 1 is 0.892 bits per heavy atom. The summed E-state index contributed by atoms with van der Waals surface area (Å²) in [7, 11) is 2.57. The van der Waals surface area contributed by atoms with Crippen LogP contribution in [0.15, 0.2) is 66.4 Å². The van der Waals surface area contributed by atoms with Crippen molar-refractivity contribution in [1.82, 2.24) is 40.4 Å². The predicted molar refractivity (Wildman–Crippen MR) is 240 cm³/mol. The van der Waals surface area contributed by atoms with Crippen molar-refractivity contribution in [1.29, 1.82) is 0 Å². The third-order valence-electron chi connectivity index (χ3n) is 14.7. The minimum atomic E-state index is -0.897. The standard InChI is InChI=1S/C49H55FN8O7/c1-24(2)40(56-49(62)64-5)47(60)58-39(22-34-25(3)42(34)58)44-52-36-13-9-29-19-27(7-11-32(29)41(36)55-44)28-8-12-33(35(50)21-28)38-23-51-45(53-38)43-30-6-10-31(20-30)57(43)46(59)37(54-48(61)63-4)18-26-14-16-65-17-15-26/h7-9,11-13,18-19,21,23-25,30-31,34,37,39-40,42-43H,6,10,14-17,20,22H2,1-5H3,(H,51,53)(H,52,55)(H,54,61)(H,56,62)/t25-,30+,31-,34+,37+,39+,40+,42-,43+/m1/s1. The normalized spacial score (nSPS) is 25.5. The molecular formula is C49H55FN8O7. The van der Waals surface area contributed by atoms with Crippen molar-refractivity contribution >= 4 is 45.8 Å². The highest BCUT2D eigenvalue weighted by atomic mass is 19.1. The highest BCUT2D eigenvalue weighted by molar-refractivity contribution is 6.05. The second-order valence-electron chi connectivity index (χ2n) is 18.7. The first-order valence-corrected chi connectivity index (χ1v) is 22.8. The smallest absolute Gasteiger partial charge is 0.407 e. The molecular weight excluding hydrogens is 832 g/mol. The summed E-state index contributed by atoms with van der Waals surface area (Å²) < 4.78 is 31.4. The van der Waals surface area contributed by atoms with Crippen LogP contribution in [-0.2, 0) is 23.8 Å². The molecule has 4 amide bonds. The largest absolute Gasteiger partial charge is 0.453 e. The molecule has 5 aromatic rings. The molecule has 65 heavy (non-hydrogen) atoms. The summed E-state index contributed by atoms with van der Waals surface area (Å²) >= 11 is 0. The summed E-state index contributed by atoms with van der Waals surface area (Å²) in [5.41, 5.74) is 5.12. The fraction of sp³-hybridized carbons (Fsp3) is 0.469. The van der Waals surface area contributed by atoms with Gasteiger partial charge in [0.15, 0.2) is 0 Å². The molecule has 2 bridgehead atoms. The topological polar surface area (TPSA) is 184 Å². The Balaban J connectivity index is 0.884. The number of likely N-dealkylation sites (tertiary alicyclic amines) is 2. The first-order valence-electron chi connectivity index (χ1n) is 22.8. The van der Waals surface area contributed by atoms with Crippen molar-refractivity contribution in [3.63, 3.8) is 0 Å². The van der Waals surface area contributed by atoms with Crippen LogP contribution < -0.4 is 10.6 Å². The maximum absolute atomic E-state index is 16.2. The van der Waals surface area contributed by atoms with Crippen molar-refractivity contribution in [3.8, 4) is 22.4 Å². The third-order valence-corrected chi connectivity index (χ3v) is 14.7. The monoisotopic (exact) mass is 886 g/mol. The number of alkyl carbamates (subject to hydrolysis) is 2.